The molecule has 1 aliphatic rings. The number of piperidine rings is 1. The van der Waals surface area contributed by atoms with Crippen LogP contribution in [0.15, 0.2) is 24.3 Å². The zero-order valence-corrected chi connectivity index (χ0v) is 10.3. The highest BCUT2D eigenvalue weighted by Gasteiger charge is 2.39. The monoisotopic (exact) mass is 259 g/mol. The van der Waals surface area contributed by atoms with E-state index in [1.807, 2.05) is 0 Å². The van der Waals surface area contributed by atoms with Gasteiger partial charge in [-0.05, 0) is 37.1 Å². The van der Waals surface area contributed by atoms with Crippen molar-refractivity contribution in [2.24, 2.45) is 5.92 Å². The van der Waals surface area contributed by atoms with Crippen molar-refractivity contribution in [3.05, 3.63) is 34.9 Å². The zero-order valence-electron chi connectivity index (χ0n) is 9.56. The first kappa shape index (κ1) is 12.8. The highest BCUT2D eigenvalue weighted by Crippen LogP contribution is 2.33. The third-order valence-electron chi connectivity index (χ3n) is 3.22. The Morgan fingerprint density at radius 1 is 1.41 bits per heavy atom. The molecule has 0 spiro atoms. The molecule has 4 heteroatoms. The largest absolute Gasteiger partial charge is 0.316 e. The molecule has 1 atom stereocenters. The van der Waals surface area contributed by atoms with Gasteiger partial charge in [0.25, 0.3) is 5.92 Å². The zero-order chi connectivity index (χ0) is 12.3. The molecule has 1 unspecified atom stereocenters. The lowest BCUT2D eigenvalue weighted by atomic mass is 9.89. The second-order valence-corrected chi connectivity index (χ2v) is 5.05. The molecular weight excluding hydrogens is 244 g/mol. The lowest BCUT2D eigenvalue weighted by Gasteiger charge is -2.30. The van der Waals surface area contributed by atoms with Gasteiger partial charge in [0.05, 0.1) is 0 Å². The molecule has 1 nitrogen and oxygen atoms in total. The van der Waals surface area contributed by atoms with Gasteiger partial charge in [0, 0.05) is 23.9 Å². The fourth-order valence-corrected chi connectivity index (χ4v) is 2.49. The summed E-state index contributed by atoms with van der Waals surface area (Å²) in [5, 5.41) is 3.55. The molecule has 1 aromatic carbocycles. The van der Waals surface area contributed by atoms with Gasteiger partial charge >= 0.3 is 0 Å². The summed E-state index contributed by atoms with van der Waals surface area (Å²) in [4.78, 5) is 0. The minimum atomic E-state index is -2.65. The highest BCUT2D eigenvalue weighted by atomic mass is 35.5. The molecule has 0 amide bonds. The van der Waals surface area contributed by atoms with Crippen LogP contribution >= 0.6 is 11.6 Å². The van der Waals surface area contributed by atoms with Crippen LogP contribution < -0.4 is 5.32 Å². The molecule has 0 bridgehead atoms. The van der Waals surface area contributed by atoms with Gasteiger partial charge in [0.15, 0.2) is 0 Å². The molecule has 1 aliphatic heterocycles. The van der Waals surface area contributed by atoms with Crippen molar-refractivity contribution in [2.45, 2.75) is 25.2 Å². The molecule has 17 heavy (non-hydrogen) atoms. The van der Waals surface area contributed by atoms with Crippen molar-refractivity contribution in [3.63, 3.8) is 0 Å². The maximum atomic E-state index is 14.0. The van der Waals surface area contributed by atoms with E-state index in [1.165, 1.54) is 0 Å². The summed E-state index contributed by atoms with van der Waals surface area (Å²) < 4.78 is 28.1. The number of halogens is 3. The third-order valence-corrected chi connectivity index (χ3v) is 3.46. The second-order valence-electron chi connectivity index (χ2n) is 4.61. The van der Waals surface area contributed by atoms with E-state index in [4.69, 9.17) is 11.6 Å². The fourth-order valence-electron chi connectivity index (χ4n) is 2.28. The minimum absolute atomic E-state index is 0.222. The normalized spacial score (nSPS) is 21.5. The maximum absolute atomic E-state index is 14.0. The van der Waals surface area contributed by atoms with Crippen LogP contribution in [0, 0.1) is 5.92 Å². The summed E-state index contributed by atoms with van der Waals surface area (Å²) in [5.41, 5.74) is 0.605. The average Bonchev–Trinajstić information content (AvgIpc) is 2.29. The summed E-state index contributed by atoms with van der Waals surface area (Å²) in [6.07, 6.45) is 1.20. The number of nitrogens with one attached hydrogen (secondary N) is 1. The van der Waals surface area contributed by atoms with Crippen molar-refractivity contribution in [2.75, 3.05) is 13.1 Å². The van der Waals surface area contributed by atoms with Crippen LogP contribution in [0.4, 0.5) is 8.78 Å². The second kappa shape index (κ2) is 5.32. The third kappa shape index (κ3) is 3.39. The summed E-state index contributed by atoms with van der Waals surface area (Å²) in [6.45, 7) is 1.26. The van der Waals surface area contributed by atoms with Crippen LogP contribution in [0.25, 0.3) is 0 Å². The molecule has 1 N–H and O–H groups in total. The van der Waals surface area contributed by atoms with Gasteiger partial charge in [-0.3, -0.25) is 0 Å². The lowest BCUT2D eigenvalue weighted by molar-refractivity contribution is -0.0646. The maximum Gasteiger partial charge on any atom is 0.256 e. The molecule has 0 radical (unpaired) electrons. The van der Waals surface area contributed by atoms with E-state index in [0.717, 1.165) is 13.0 Å². The Bertz CT molecular complexity index is 375. The van der Waals surface area contributed by atoms with Crippen molar-refractivity contribution in [3.8, 4) is 0 Å². The number of hydrogen-bond donors (Lipinski definition) is 1. The molecule has 0 aliphatic carbocycles. The Balaban J connectivity index is 2.05. The first-order chi connectivity index (χ1) is 8.08. The van der Waals surface area contributed by atoms with Gasteiger partial charge in [-0.1, -0.05) is 23.7 Å². The molecule has 0 aromatic heterocycles. The van der Waals surface area contributed by atoms with Gasteiger partial charge in [-0.2, -0.15) is 0 Å². The van der Waals surface area contributed by atoms with Crippen LogP contribution in [-0.4, -0.2) is 19.0 Å². The Morgan fingerprint density at radius 2 is 2.24 bits per heavy atom. The highest BCUT2D eigenvalue weighted by molar-refractivity contribution is 6.30. The van der Waals surface area contributed by atoms with Crippen LogP contribution in [0.3, 0.4) is 0 Å². The minimum Gasteiger partial charge on any atom is -0.316 e. The van der Waals surface area contributed by atoms with Gasteiger partial charge in [0.1, 0.15) is 0 Å². The Kier molecular flexibility index (Phi) is 4.00. The van der Waals surface area contributed by atoms with E-state index in [1.54, 1.807) is 24.3 Å². The molecule has 2 rings (SSSR count). The van der Waals surface area contributed by atoms with E-state index < -0.39 is 11.8 Å². The molecule has 0 saturated carbocycles. The van der Waals surface area contributed by atoms with Crippen LogP contribution in [0.2, 0.25) is 5.02 Å². The van der Waals surface area contributed by atoms with Gasteiger partial charge in [-0.25, -0.2) is 8.78 Å². The number of alkyl halides is 2. The Morgan fingerprint density at radius 3 is 2.88 bits per heavy atom. The average molecular weight is 260 g/mol. The smallest absolute Gasteiger partial charge is 0.256 e. The quantitative estimate of drug-likeness (QED) is 0.876. The van der Waals surface area contributed by atoms with Gasteiger partial charge in [0.2, 0.25) is 0 Å². The first-order valence-corrected chi connectivity index (χ1v) is 6.29. The summed E-state index contributed by atoms with van der Waals surface area (Å²) >= 11 is 5.80. The van der Waals surface area contributed by atoms with Crippen LogP contribution in [0.1, 0.15) is 18.4 Å². The van der Waals surface area contributed by atoms with Crippen LogP contribution in [-0.2, 0) is 6.42 Å². The number of benzene rings is 1. The SMILES string of the molecule is FC(F)(Cc1cccc(Cl)c1)C1CCCNC1. The number of hydrogen-bond acceptors (Lipinski definition) is 1. The van der Waals surface area contributed by atoms with Crippen molar-refractivity contribution < 1.29 is 8.78 Å². The van der Waals surface area contributed by atoms with Crippen molar-refractivity contribution in [1.29, 1.82) is 0 Å². The van der Waals surface area contributed by atoms with E-state index >= 15 is 0 Å². The molecule has 1 heterocycles. The Hall–Kier alpha value is -0.670. The van der Waals surface area contributed by atoms with Crippen LogP contribution in [0.5, 0.6) is 0 Å². The number of rotatable bonds is 3. The standard InChI is InChI=1S/C13H16ClF2N/c14-12-5-1-3-10(7-12)8-13(15,16)11-4-2-6-17-9-11/h1,3,5,7,11,17H,2,4,6,8-9H2. The topological polar surface area (TPSA) is 12.0 Å². The fraction of sp³-hybridized carbons (Fsp3) is 0.538. The van der Waals surface area contributed by atoms with Crippen molar-refractivity contribution >= 4 is 11.6 Å². The predicted octanol–water partition coefficient (Wildman–Crippen LogP) is 3.52. The lowest BCUT2D eigenvalue weighted by Crippen LogP contribution is -2.41. The Labute approximate surface area is 105 Å². The van der Waals surface area contributed by atoms with E-state index in [-0.39, 0.29) is 6.42 Å². The van der Waals surface area contributed by atoms with Crippen molar-refractivity contribution in [1.82, 2.24) is 5.32 Å². The predicted molar refractivity (Wildman–Crippen MR) is 65.7 cm³/mol. The molecular formula is C13H16ClF2N. The van der Waals surface area contributed by atoms with Gasteiger partial charge in [-0.15, -0.1) is 0 Å². The van der Waals surface area contributed by atoms with E-state index in [2.05, 4.69) is 5.32 Å². The first-order valence-electron chi connectivity index (χ1n) is 5.91. The molecule has 1 aromatic rings. The van der Waals surface area contributed by atoms with E-state index in [0.29, 0.717) is 23.6 Å². The summed E-state index contributed by atoms with van der Waals surface area (Å²) in [7, 11) is 0. The molecule has 94 valence electrons. The van der Waals surface area contributed by atoms with Gasteiger partial charge < -0.3 is 5.32 Å². The molecule has 1 fully saturated rings. The summed E-state index contributed by atoms with van der Waals surface area (Å²) in [5.74, 6) is -3.21. The van der Waals surface area contributed by atoms with E-state index in [9.17, 15) is 8.78 Å². The summed E-state index contributed by atoms with van der Waals surface area (Å²) in [6, 6.07) is 6.74. The molecule has 1 saturated heterocycles.